The Morgan fingerprint density at radius 1 is 0.450 bits per heavy atom. The van der Waals surface area contributed by atoms with Crippen molar-refractivity contribution in [2.75, 3.05) is 11.0 Å². The second-order valence-corrected chi connectivity index (χ2v) is 37.6. The molecule has 21 aromatic rings. The summed E-state index contributed by atoms with van der Waals surface area (Å²) in [6.07, 6.45) is 4.61. The number of aliphatic hydroxyl groups excluding tert-OH is 2. The number of anilines is 3. The summed E-state index contributed by atoms with van der Waals surface area (Å²) in [5, 5.41) is 40.9. The number of rotatable bonds is 12. The molecule has 21 rings (SSSR count). The van der Waals surface area contributed by atoms with Crippen molar-refractivity contribution in [2.45, 2.75) is 61.5 Å². The van der Waals surface area contributed by atoms with E-state index in [1.165, 1.54) is 131 Å². The van der Waals surface area contributed by atoms with Crippen molar-refractivity contribution in [3.8, 4) is 72.7 Å². The van der Waals surface area contributed by atoms with Crippen LogP contribution in [0.25, 0.3) is 169 Å². The summed E-state index contributed by atoms with van der Waals surface area (Å²) in [6.45, 7) is 13.1. The smallest absolute Gasteiger partial charge is 0.119 e. The van der Waals surface area contributed by atoms with E-state index in [0.717, 1.165) is 72.8 Å². The Kier molecular flexibility index (Phi) is 26.7. The number of nitrogens with one attached hydrogen (secondary N) is 1. The summed E-state index contributed by atoms with van der Waals surface area (Å²) >= 11 is 1.86. The molecule has 0 saturated heterocycles. The van der Waals surface area contributed by atoms with Crippen LogP contribution in [-0.4, -0.2) is 69.9 Å². The van der Waals surface area contributed by atoms with Gasteiger partial charge in [-0.2, -0.15) is 0 Å². The zero-order valence-corrected chi connectivity index (χ0v) is 77.3. The van der Waals surface area contributed by atoms with E-state index < -0.39 is 12.9 Å². The van der Waals surface area contributed by atoms with E-state index in [2.05, 4.69) is 371 Å². The number of aromatic nitrogens is 5. The van der Waals surface area contributed by atoms with Gasteiger partial charge in [-0.25, -0.2) is 4.98 Å². The topological polar surface area (TPSA) is 124 Å². The largest absolute Gasteiger partial charge is 0.512 e. The molecule has 1 atom stereocenters. The summed E-state index contributed by atoms with van der Waals surface area (Å²) in [6, 6.07) is 136. The van der Waals surface area contributed by atoms with Gasteiger partial charge in [0.1, 0.15) is 15.1 Å². The van der Waals surface area contributed by atoms with Gasteiger partial charge in [-0.15, -0.1) is 54.0 Å². The van der Waals surface area contributed by atoms with E-state index >= 15 is 0 Å². The first kappa shape index (κ1) is 89.0. The number of hydrogen-bond donors (Lipinski definition) is 3. The van der Waals surface area contributed by atoms with Gasteiger partial charge in [-0.05, 0) is 175 Å². The molecule has 129 heavy (non-hydrogen) atoms. The molecule has 1 unspecified atom stereocenters. The van der Waals surface area contributed by atoms with Crippen LogP contribution in [0.15, 0.2) is 394 Å². The van der Waals surface area contributed by atoms with E-state index in [0.29, 0.717) is 0 Å². The number of hydrogen-bond acceptors (Lipinski definition) is 9. The molecule has 0 spiro atoms. The molecule has 0 saturated carbocycles. The number of para-hydroxylation sites is 2. The average Bonchev–Trinajstić information content (AvgIpc) is 1.74. The monoisotopic (exact) mass is 1880 g/mol. The molecule has 0 aliphatic rings. The van der Waals surface area contributed by atoms with E-state index in [4.69, 9.17) is 38.1 Å². The van der Waals surface area contributed by atoms with Crippen LogP contribution in [0.2, 0.25) is 0 Å². The molecule has 9 nitrogen and oxygen atoms in total. The van der Waals surface area contributed by atoms with Gasteiger partial charge in [0.2, 0.25) is 0 Å². The molecular weight excluding hydrogens is 1790 g/mol. The fourth-order valence-corrected chi connectivity index (χ4v) is 17.6. The van der Waals surface area contributed by atoms with Crippen molar-refractivity contribution in [1.29, 1.82) is 5.16 Å². The van der Waals surface area contributed by atoms with Crippen molar-refractivity contribution >= 4 is 154 Å². The van der Waals surface area contributed by atoms with Crippen LogP contribution >= 0.6 is 18.1 Å². The Morgan fingerprint density at radius 2 is 0.899 bits per heavy atom. The molecule has 4 heterocycles. The summed E-state index contributed by atoms with van der Waals surface area (Å²) in [7, 11) is 14.8. The molecule has 0 amide bonds. The number of aliphatic hydroxyl groups is 2. The first-order chi connectivity index (χ1) is 62.0. The summed E-state index contributed by atoms with van der Waals surface area (Å²) < 4.78 is 5.03. The Hall–Kier alpha value is -13.4. The number of fused-ring (bicyclic) bond motifs is 14. The fourth-order valence-electron chi connectivity index (χ4n) is 16.4. The van der Waals surface area contributed by atoms with Gasteiger partial charge in [-0.3, -0.25) is 9.97 Å². The van der Waals surface area contributed by atoms with Crippen LogP contribution in [0, 0.1) is 35.9 Å². The molecule has 4 aromatic heterocycles. The Balaban J connectivity index is 0.000000145. The molecule has 0 fully saturated rings. The maximum Gasteiger partial charge on any atom is 0.119 e. The van der Waals surface area contributed by atoms with Crippen LogP contribution < -0.4 is 4.90 Å². The summed E-state index contributed by atoms with van der Waals surface area (Å²) in [4.78, 5) is 21.1. The van der Waals surface area contributed by atoms with Crippen molar-refractivity contribution in [2.24, 2.45) is 10.8 Å². The van der Waals surface area contributed by atoms with Gasteiger partial charge in [0, 0.05) is 113 Å². The van der Waals surface area contributed by atoms with E-state index in [-0.39, 0.29) is 42.8 Å². The first-order valence-corrected chi connectivity index (χ1v) is 45.9. The third-order valence-electron chi connectivity index (χ3n) is 23.2. The molecule has 7 radical (unpaired) electrons. The van der Waals surface area contributed by atoms with Crippen molar-refractivity contribution in [1.82, 2.24) is 24.5 Å². The molecule has 15 heteroatoms. The van der Waals surface area contributed by atoms with Gasteiger partial charge in [-0.1, -0.05) is 321 Å². The minimum absolute atomic E-state index is 0. The second-order valence-electron chi connectivity index (χ2n) is 34.3. The van der Waals surface area contributed by atoms with Crippen molar-refractivity contribution in [3.05, 3.63) is 412 Å². The molecule has 17 aromatic carbocycles. The number of thiophene rings is 1. The zero-order chi connectivity index (χ0) is 88.8. The van der Waals surface area contributed by atoms with E-state index in [9.17, 15) is 10.2 Å². The quantitative estimate of drug-likeness (QED) is 0.0366. The number of aryl methyl sites for hydroxylation is 2. The van der Waals surface area contributed by atoms with Gasteiger partial charge in [0.05, 0.1) is 59.4 Å². The third kappa shape index (κ3) is 19.6. The van der Waals surface area contributed by atoms with Crippen molar-refractivity contribution in [3.63, 3.8) is 0 Å². The second kappa shape index (κ2) is 38.7. The summed E-state index contributed by atoms with van der Waals surface area (Å²) in [5.41, 5.74) is 23.8. The van der Waals surface area contributed by atoms with E-state index in [1.807, 2.05) is 97.2 Å². The molecular formula is C114H94B3IrN7O2PS-. The minimum atomic E-state index is -2.37. The zero-order valence-electron chi connectivity index (χ0n) is 73.2. The molecule has 3 N–H and O–H groups in total. The normalized spacial score (nSPS) is 11.9. The van der Waals surface area contributed by atoms with Crippen molar-refractivity contribution < 1.29 is 30.3 Å². The molecule has 0 aliphatic carbocycles. The predicted molar refractivity (Wildman–Crippen MR) is 548 cm³/mol. The SMILES string of the molecule is CC(C)(C)C(O)=CC(O)C(C)(C)C.Cc1cnc(-c2[c-]cccc2)c(C)n1.[B]CP([B])([B])=N.[Ir].c1ccc(-n2c3ccccc3c3cc(-c4ccc(N(c5ccc(-c6cccc7ccccc67)cc5)c5ccc(-c6cccc7ccccc67)cc5)cc4)ccc32)cc1.c1ccc2c(c1)sc1c(-c3ccc(-c4cnc5c6ccccc6c6ccccc6c5n4)cc3)cccc12. The Morgan fingerprint density at radius 3 is 1.46 bits per heavy atom. The van der Waals surface area contributed by atoms with Gasteiger partial charge >= 0.3 is 0 Å². The van der Waals surface area contributed by atoms with Crippen LogP contribution in [0.5, 0.6) is 0 Å². The molecule has 627 valence electrons. The fraction of sp³-hybridized carbons (Fsp3) is 0.105. The van der Waals surface area contributed by atoms with Gasteiger partial charge < -0.3 is 29.8 Å². The summed E-state index contributed by atoms with van der Waals surface area (Å²) in [5.74, 6) is 0.245. The first-order valence-electron chi connectivity index (χ1n) is 43.0. The van der Waals surface area contributed by atoms with E-state index in [1.54, 1.807) is 6.20 Å². The predicted octanol–water partition coefficient (Wildman–Crippen LogP) is 30.7. The van der Waals surface area contributed by atoms with Crippen LogP contribution in [0.3, 0.4) is 0 Å². The third-order valence-corrected chi connectivity index (χ3v) is 25.1. The van der Waals surface area contributed by atoms with Crippen LogP contribution in [0.4, 0.5) is 17.1 Å². The maximum atomic E-state index is 9.68. The average molecular weight is 1880 g/mol. The number of benzene rings is 17. The van der Waals surface area contributed by atoms with Gasteiger partial charge in [0.15, 0.2) is 0 Å². The van der Waals surface area contributed by atoms with Gasteiger partial charge in [0.25, 0.3) is 0 Å². The minimum Gasteiger partial charge on any atom is -0.512 e. The molecule has 0 bridgehead atoms. The number of allylic oxidation sites excluding steroid dienone is 1. The maximum absolute atomic E-state index is 9.68. The standard InChI is InChI=1S/C56H38N2.C34H20N2S.C12H11N2.C11H22O2.CH3B3NP.Ir/c1-2-16-45(17-3-1)58-55-23-9-8-20-53(55)54-38-44(30-37-56(54)58)39-24-31-46(32-25-39)57(47-33-26-42(27-34-47)51-21-10-14-40-12-4-6-18-49(40)51)48-35-28-43(29-36-48)52-22-11-15-41-13-5-7-19-50(41)52;1-3-11-27-24(8-1)25-9-2-4-12-28(25)33-32(27)35-20-30(36-33)22-18-16-21(17-19-22)23-13-7-14-29-26-10-5-6-15-31(26)37-34(23)29;1-9-8-13-12(10(2)14-9)11-6-4-3-5-7-11;1-10(2,3)8(12)7-9(13)11(4,5)6;2-1-6(3,4)5;/h1-38H;1-20H;3-6,8H,1-2H3;7-8,12-13H,1-6H3;5H,1H2;/q;;-1;;;. The Labute approximate surface area is 776 Å². The van der Waals surface area contributed by atoms with Crippen LogP contribution in [0.1, 0.15) is 52.9 Å². The molecule has 0 aliphatic heterocycles. The Bertz CT molecular complexity index is 7520. The number of nitrogens with zero attached hydrogens (tertiary/aromatic N) is 6. The van der Waals surface area contributed by atoms with Crippen LogP contribution in [-0.2, 0) is 20.1 Å².